The lowest BCUT2D eigenvalue weighted by molar-refractivity contribution is 0.101. The van der Waals surface area contributed by atoms with Crippen molar-refractivity contribution in [1.82, 2.24) is 9.78 Å². The summed E-state index contributed by atoms with van der Waals surface area (Å²) in [5, 5.41) is 7.23. The number of amides is 1. The molecule has 0 radical (unpaired) electrons. The smallest absolute Gasteiger partial charge is 0.280 e. The summed E-state index contributed by atoms with van der Waals surface area (Å²) in [5.41, 5.74) is 3.87. The van der Waals surface area contributed by atoms with E-state index in [0.29, 0.717) is 11.4 Å². The van der Waals surface area contributed by atoms with Crippen molar-refractivity contribution in [3.05, 3.63) is 75.7 Å². The monoisotopic (exact) mass is 420 g/mol. The number of rotatable bonds is 7. The molecule has 0 atom stereocenters. The molecule has 3 rings (SSSR count). The topological polar surface area (TPSA) is 76.5 Å². The van der Waals surface area contributed by atoms with Crippen molar-refractivity contribution in [1.29, 1.82) is 0 Å². The summed E-state index contributed by atoms with van der Waals surface area (Å²) in [5.74, 6) is -0.317. The minimum Gasteiger partial charge on any atom is -0.494 e. The van der Waals surface area contributed by atoms with Crippen molar-refractivity contribution in [2.75, 3.05) is 30.4 Å². The predicted octanol–water partition coefficient (Wildman–Crippen LogP) is 3.96. The summed E-state index contributed by atoms with van der Waals surface area (Å²) in [6, 6.07) is 14.6. The van der Waals surface area contributed by atoms with E-state index in [9.17, 15) is 9.59 Å². The van der Waals surface area contributed by atoms with Gasteiger partial charge in [-0.2, -0.15) is 9.78 Å². The number of carbonyl (C=O) groups excluding carboxylic acids is 1. The molecule has 7 nitrogen and oxygen atoms in total. The number of hydrogen-bond donors (Lipinski definition) is 1. The molecule has 31 heavy (non-hydrogen) atoms. The van der Waals surface area contributed by atoms with Gasteiger partial charge in [-0.15, -0.1) is 0 Å². The lowest BCUT2D eigenvalue weighted by atomic mass is 10.1. The van der Waals surface area contributed by atoms with Crippen LogP contribution in [0, 0.1) is 13.8 Å². The van der Waals surface area contributed by atoms with E-state index in [4.69, 9.17) is 4.74 Å². The molecule has 0 aliphatic carbocycles. The average Bonchev–Trinajstić information content (AvgIpc) is 2.76. The van der Waals surface area contributed by atoms with Crippen LogP contribution in [0.2, 0.25) is 0 Å². The third kappa shape index (κ3) is 4.60. The molecule has 0 unspecified atom stereocenters. The first kappa shape index (κ1) is 22.1. The zero-order valence-electron chi connectivity index (χ0n) is 18.6. The Balaban J connectivity index is 1.97. The Morgan fingerprint density at radius 3 is 2.39 bits per heavy atom. The molecule has 2 aromatic carbocycles. The van der Waals surface area contributed by atoms with Crippen LogP contribution < -0.4 is 20.5 Å². The fourth-order valence-electron chi connectivity index (χ4n) is 3.48. The molecule has 162 valence electrons. The lowest BCUT2D eigenvalue weighted by Gasteiger charge is -2.22. The first-order chi connectivity index (χ1) is 14.9. The van der Waals surface area contributed by atoms with Gasteiger partial charge < -0.3 is 15.0 Å². The zero-order valence-corrected chi connectivity index (χ0v) is 18.6. The van der Waals surface area contributed by atoms with Gasteiger partial charge in [0.2, 0.25) is 0 Å². The predicted molar refractivity (Wildman–Crippen MR) is 124 cm³/mol. The number of hydrogen-bond acceptors (Lipinski definition) is 5. The van der Waals surface area contributed by atoms with E-state index < -0.39 is 5.91 Å². The Bertz CT molecular complexity index is 1150. The van der Waals surface area contributed by atoms with E-state index in [2.05, 4.69) is 29.2 Å². The average molecular weight is 421 g/mol. The first-order valence-corrected chi connectivity index (χ1v) is 10.3. The van der Waals surface area contributed by atoms with Gasteiger partial charge in [0.15, 0.2) is 11.4 Å². The van der Waals surface area contributed by atoms with Gasteiger partial charge in [-0.3, -0.25) is 9.59 Å². The van der Waals surface area contributed by atoms with E-state index in [1.54, 1.807) is 6.07 Å². The molecular formula is C24H28N4O3. The van der Waals surface area contributed by atoms with Gasteiger partial charge in [0.25, 0.3) is 11.5 Å². The molecular weight excluding hydrogens is 392 g/mol. The van der Waals surface area contributed by atoms with Gasteiger partial charge in [-0.05, 0) is 63.1 Å². The maximum atomic E-state index is 13.1. The van der Waals surface area contributed by atoms with Crippen molar-refractivity contribution in [3.63, 3.8) is 0 Å². The quantitative estimate of drug-likeness (QED) is 0.626. The molecule has 1 heterocycles. The van der Waals surface area contributed by atoms with E-state index in [1.165, 1.54) is 17.9 Å². The number of aromatic nitrogens is 2. The minimum absolute atomic E-state index is 0.0394. The van der Waals surface area contributed by atoms with Crippen LogP contribution in [0.3, 0.4) is 0 Å². The van der Waals surface area contributed by atoms with Crippen LogP contribution in [0.25, 0.3) is 5.69 Å². The van der Waals surface area contributed by atoms with Crippen molar-refractivity contribution < 1.29 is 9.53 Å². The van der Waals surface area contributed by atoms with Crippen molar-refractivity contribution in [2.45, 2.75) is 27.7 Å². The van der Waals surface area contributed by atoms with Gasteiger partial charge in [0, 0.05) is 24.5 Å². The molecule has 1 N–H and O–H groups in total. The van der Waals surface area contributed by atoms with Crippen LogP contribution in [-0.4, -0.2) is 35.9 Å². The Hall–Kier alpha value is -3.61. The number of nitrogens with zero attached hydrogens (tertiary/aromatic N) is 3. The minimum atomic E-state index is -0.446. The van der Waals surface area contributed by atoms with Crippen LogP contribution in [-0.2, 0) is 0 Å². The highest BCUT2D eigenvalue weighted by atomic mass is 16.5. The zero-order chi connectivity index (χ0) is 22.5. The molecule has 1 aromatic heterocycles. The van der Waals surface area contributed by atoms with Gasteiger partial charge in [0.1, 0.15) is 0 Å². The molecule has 0 aliphatic rings. The van der Waals surface area contributed by atoms with Crippen LogP contribution in [0.5, 0.6) is 5.75 Å². The summed E-state index contributed by atoms with van der Waals surface area (Å²) < 4.78 is 6.50. The summed E-state index contributed by atoms with van der Waals surface area (Å²) in [4.78, 5) is 27.9. The third-order valence-corrected chi connectivity index (χ3v) is 5.26. The largest absolute Gasteiger partial charge is 0.494 e. The molecule has 3 aromatic rings. The number of aryl methyl sites for hydroxylation is 2. The first-order valence-electron chi connectivity index (χ1n) is 10.3. The van der Waals surface area contributed by atoms with Gasteiger partial charge in [-0.25, -0.2) is 0 Å². The molecule has 0 fully saturated rings. The van der Waals surface area contributed by atoms with E-state index in [-0.39, 0.29) is 17.0 Å². The van der Waals surface area contributed by atoms with Crippen molar-refractivity contribution >= 4 is 17.3 Å². The Morgan fingerprint density at radius 2 is 1.77 bits per heavy atom. The van der Waals surface area contributed by atoms with E-state index in [1.807, 2.05) is 50.2 Å². The summed E-state index contributed by atoms with van der Waals surface area (Å²) in [6.07, 6.45) is 0. The van der Waals surface area contributed by atoms with E-state index >= 15 is 0 Å². The normalized spacial score (nSPS) is 10.6. The van der Waals surface area contributed by atoms with Crippen LogP contribution in [0.1, 0.15) is 35.5 Å². The molecule has 0 bridgehead atoms. The van der Waals surface area contributed by atoms with Crippen molar-refractivity contribution in [2.24, 2.45) is 0 Å². The number of nitrogens with one attached hydrogen (secondary N) is 1. The summed E-state index contributed by atoms with van der Waals surface area (Å²) >= 11 is 0. The Kier molecular flexibility index (Phi) is 6.74. The molecule has 1 amide bonds. The van der Waals surface area contributed by atoms with Gasteiger partial charge >= 0.3 is 0 Å². The Labute approximate surface area is 182 Å². The second-order valence-electron chi connectivity index (χ2n) is 7.22. The molecule has 7 heteroatoms. The van der Waals surface area contributed by atoms with E-state index in [0.717, 1.165) is 29.9 Å². The van der Waals surface area contributed by atoms with Crippen molar-refractivity contribution in [3.8, 4) is 11.4 Å². The molecule has 0 aliphatic heterocycles. The SMILES string of the molecule is CCN(CC)c1ccc(NC(=O)c2nn(-c3ccccc3C)c(=O)cc2OC)c(C)c1. The molecule has 0 saturated carbocycles. The van der Waals surface area contributed by atoms with Gasteiger partial charge in [-0.1, -0.05) is 18.2 Å². The molecule has 0 spiro atoms. The number of ether oxygens (including phenoxy) is 1. The number of benzene rings is 2. The fraction of sp³-hybridized carbons (Fsp3) is 0.292. The number of anilines is 2. The number of carbonyl (C=O) groups is 1. The summed E-state index contributed by atoms with van der Waals surface area (Å²) in [6.45, 7) is 9.86. The maximum Gasteiger partial charge on any atom is 0.280 e. The number of para-hydroxylation sites is 1. The number of methoxy groups -OCH3 is 1. The molecule has 0 saturated heterocycles. The Morgan fingerprint density at radius 1 is 1.06 bits per heavy atom. The standard InChI is InChI=1S/C24H28N4O3/c1-6-27(7-2)18-12-13-19(17(4)14-18)25-24(30)23-21(31-5)15-22(29)28(26-23)20-11-9-8-10-16(20)3/h8-15H,6-7H2,1-5H3,(H,25,30). The van der Waals surface area contributed by atoms with Crippen LogP contribution in [0.4, 0.5) is 11.4 Å². The van der Waals surface area contributed by atoms with Gasteiger partial charge in [0.05, 0.1) is 18.9 Å². The third-order valence-electron chi connectivity index (χ3n) is 5.26. The second kappa shape index (κ2) is 9.47. The lowest BCUT2D eigenvalue weighted by Crippen LogP contribution is -2.27. The van der Waals surface area contributed by atoms with Crippen LogP contribution in [0.15, 0.2) is 53.3 Å². The highest BCUT2D eigenvalue weighted by Gasteiger charge is 2.19. The van der Waals surface area contributed by atoms with Crippen LogP contribution >= 0.6 is 0 Å². The second-order valence-corrected chi connectivity index (χ2v) is 7.22. The maximum absolute atomic E-state index is 13.1. The highest BCUT2D eigenvalue weighted by Crippen LogP contribution is 2.24. The summed E-state index contributed by atoms with van der Waals surface area (Å²) in [7, 11) is 1.41. The fourth-order valence-corrected chi connectivity index (χ4v) is 3.48. The highest BCUT2D eigenvalue weighted by molar-refractivity contribution is 6.05.